The van der Waals surface area contributed by atoms with Gasteiger partial charge < -0.3 is 5.32 Å². The van der Waals surface area contributed by atoms with E-state index >= 15 is 0 Å². The van der Waals surface area contributed by atoms with E-state index in [1.54, 1.807) is 11.6 Å². The van der Waals surface area contributed by atoms with Crippen LogP contribution in [0.25, 0.3) is 0 Å². The van der Waals surface area contributed by atoms with Crippen molar-refractivity contribution in [3.05, 3.63) is 15.8 Å². The largest absolute Gasteiger partial charge is 0.361 e. The van der Waals surface area contributed by atoms with Crippen LogP contribution in [0.3, 0.4) is 0 Å². The van der Waals surface area contributed by atoms with Crippen molar-refractivity contribution in [3.8, 4) is 12.3 Å². The fourth-order valence-electron chi connectivity index (χ4n) is 1.90. The van der Waals surface area contributed by atoms with E-state index in [4.69, 9.17) is 6.42 Å². The summed E-state index contributed by atoms with van der Waals surface area (Å²) in [5.74, 6) is 3.03. The van der Waals surface area contributed by atoms with Crippen LogP contribution in [0.2, 0.25) is 0 Å². The lowest BCUT2D eigenvalue weighted by atomic mass is 10.1. The van der Waals surface area contributed by atoms with Gasteiger partial charge in [-0.05, 0) is 27.2 Å². The summed E-state index contributed by atoms with van der Waals surface area (Å²) in [6.07, 6.45) is 6.63. The average Bonchev–Trinajstić information content (AvgIpc) is 2.65. The highest BCUT2D eigenvalue weighted by Crippen LogP contribution is 2.31. The van der Waals surface area contributed by atoms with Crippen molar-refractivity contribution < 1.29 is 4.92 Å². The molecule has 0 aliphatic rings. The molecule has 1 aromatic heterocycles. The third-order valence-corrected chi connectivity index (χ3v) is 2.92. The first-order valence-electron chi connectivity index (χ1n) is 6.35. The summed E-state index contributed by atoms with van der Waals surface area (Å²) in [5.41, 5.74) is 0.445. The Morgan fingerprint density at radius 1 is 1.58 bits per heavy atom. The molecule has 19 heavy (non-hydrogen) atoms. The molecule has 104 valence electrons. The number of rotatable bonds is 6. The molecule has 1 N–H and O–H groups in total. The van der Waals surface area contributed by atoms with Crippen LogP contribution in [0.15, 0.2) is 0 Å². The predicted molar refractivity (Wildman–Crippen MR) is 75.2 cm³/mol. The fraction of sp³-hybridized carbons (Fsp3) is 0.615. The van der Waals surface area contributed by atoms with Crippen LogP contribution in [-0.4, -0.2) is 20.7 Å². The maximum atomic E-state index is 11.2. The number of nitro groups is 1. The lowest BCUT2D eigenvalue weighted by molar-refractivity contribution is -0.384. The minimum Gasteiger partial charge on any atom is -0.361 e. The number of hydrogen-bond acceptors (Lipinski definition) is 4. The summed E-state index contributed by atoms with van der Waals surface area (Å²) in [7, 11) is 0. The van der Waals surface area contributed by atoms with E-state index in [1.165, 1.54) is 0 Å². The summed E-state index contributed by atoms with van der Waals surface area (Å²) in [6.45, 7) is 7.50. The third-order valence-electron chi connectivity index (χ3n) is 2.92. The molecule has 0 fully saturated rings. The lowest BCUT2D eigenvalue weighted by Crippen LogP contribution is -2.21. The Hall–Kier alpha value is -2.03. The zero-order chi connectivity index (χ0) is 14.6. The van der Waals surface area contributed by atoms with E-state index in [2.05, 4.69) is 16.3 Å². The fourth-order valence-corrected chi connectivity index (χ4v) is 1.90. The Balaban J connectivity index is 3.22. The van der Waals surface area contributed by atoms with Crippen molar-refractivity contribution in [2.24, 2.45) is 0 Å². The van der Waals surface area contributed by atoms with Crippen molar-refractivity contribution in [1.29, 1.82) is 0 Å². The molecular formula is C13H20N4O2. The molecule has 1 unspecified atom stereocenters. The van der Waals surface area contributed by atoms with Gasteiger partial charge in [-0.15, -0.1) is 12.3 Å². The van der Waals surface area contributed by atoms with Crippen LogP contribution in [0.4, 0.5) is 11.5 Å². The minimum atomic E-state index is -0.397. The molecule has 0 amide bonds. The van der Waals surface area contributed by atoms with E-state index in [-0.39, 0.29) is 17.8 Å². The van der Waals surface area contributed by atoms with Crippen LogP contribution in [0.5, 0.6) is 0 Å². The van der Waals surface area contributed by atoms with E-state index in [9.17, 15) is 10.1 Å². The van der Waals surface area contributed by atoms with Gasteiger partial charge in [-0.3, -0.25) is 10.1 Å². The van der Waals surface area contributed by atoms with Crippen molar-refractivity contribution in [1.82, 2.24) is 9.78 Å². The number of aromatic nitrogens is 2. The first kappa shape index (κ1) is 15.0. The van der Waals surface area contributed by atoms with Gasteiger partial charge in [0.15, 0.2) is 0 Å². The number of nitrogens with one attached hydrogen (secondary N) is 1. The maximum Gasteiger partial charge on any atom is 0.333 e. The highest BCUT2D eigenvalue weighted by atomic mass is 16.6. The second kappa shape index (κ2) is 6.23. The first-order valence-corrected chi connectivity index (χ1v) is 6.35. The lowest BCUT2D eigenvalue weighted by Gasteiger charge is -2.17. The molecule has 0 saturated carbocycles. The maximum absolute atomic E-state index is 11.2. The van der Waals surface area contributed by atoms with Crippen LogP contribution in [-0.2, 0) is 0 Å². The molecule has 1 heterocycles. The summed E-state index contributed by atoms with van der Waals surface area (Å²) in [4.78, 5) is 10.8. The normalized spacial score (nSPS) is 12.2. The quantitative estimate of drug-likeness (QED) is 0.487. The molecule has 1 aromatic rings. The second-order valence-electron chi connectivity index (χ2n) is 4.74. The van der Waals surface area contributed by atoms with Gasteiger partial charge >= 0.3 is 5.69 Å². The number of terminal acetylenes is 1. The second-order valence-corrected chi connectivity index (χ2v) is 4.74. The summed E-state index contributed by atoms with van der Waals surface area (Å²) in [5, 5.41) is 18.6. The van der Waals surface area contributed by atoms with Gasteiger partial charge in [-0.1, -0.05) is 6.92 Å². The highest BCUT2D eigenvalue weighted by molar-refractivity contribution is 5.60. The van der Waals surface area contributed by atoms with Crippen molar-refractivity contribution >= 4 is 11.5 Å². The van der Waals surface area contributed by atoms with E-state index in [0.29, 0.717) is 17.9 Å². The highest BCUT2D eigenvalue weighted by Gasteiger charge is 2.27. The Kier molecular flexibility index (Phi) is 4.93. The van der Waals surface area contributed by atoms with Crippen molar-refractivity contribution in [2.45, 2.75) is 52.6 Å². The number of aryl methyl sites for hydroxylation is 1. The van der Waals surface area contributed by atoms with E-state index in [1.807, 2.05) is 20.8 Å². The third kappa shape index (κ3) is 3.25. The molecule has 0 bridgehead atoms. The van der Waals surface area contributed by atoms with Crippen molar-refractivity contribution in [3.63, 3.8) is 0 Å². The molecule has 0 spiro atoms. The Morgan fingerprint density at radius 2 is 2.21 bits per heavy atom. The topological polar surface area (TPSA) is 73.0 Å². The molecule has 6 heteroatoms. The zero-order valence-corrected chi connectivity index (χ0v) is 11.8. The minimum absolute atomic E-state index is 0.0114. The molecule has 0 aliphatic heterocycles. The standard InChI is InChI=1S/C13H20N4O2/c1-6-8-11(7-2)14-13-12(17(18)19)10(5)15-16(13)9(3)4/h1,9,11,14H,7-8H2,2-5H3. The van der Waals surface area contributed by atoms with E-state index in [0.717, 1.165) is 6.42 Å². The number of hydrogen-bond donors (Lipinski definition) is 1. The molecule has 0 aliphatic carbocycles. The molecule has 1 rings (SSSR count). The van der Waals surface area contributed by atoms with Crippen LogP contribution < -0.4 is 5.32 Å². The van der Waals surface area contributed by atoms with Gasteiger partial charge in [-0.25, -0.2) is 4.68 Å². The van der Waals surface area contributed by atoms with Gasteiger partial charge in [0.05, 0.1) is 4.92 Å². The van der Waals surface area contributed by atoms with Gasteiger partial charge in [0.25, 0.3) is 0 Å². The Morgan fingerprint density at radius 3 is 2.63 bits per heavy atom. The molecule has 1 atom stereocenters. The average molecular weight is 264 g/mol. The van der Waals surface area contributed by atoms with Gasteiger partial charge in [0.1, 0.15) is 5.69 Å². The van der Waals surface area contributed by atoms with Gasteiger partial charge in [0.2, 0.25) is 5.82 Å². The summed E-state index contributed by atoms with van der Waals surface area (Å²) in [6, 6.07) is 0.0514. The molecule has 0 aromatic carbocycles. The Labute approximate surface area is 113 Å². The molecule has 0 radical (unpaired) electrons. The van der Waals surface area contributed by atoms with Crippen LogP contribution in [0.1, 0.15) is 45.3 Å². The Bertz CT molecular complexity index is 499. The zero-order valence-electron chi connectivity index (χ0n) is 11.8. The summed E-state index contributed by atoms with van der Waals surface area (Å²) >= 11 is 0. The number of anilines is 1. The monoisotopic (exact) mass is 264 g/mol. The predicted octanol–water partition coefficient (Wildman–Crippen LogP) is 2.89. The summed E-state index contributed by atoms with van der Waals surface area (Å²) < 4.78 is 1.65. The van der Waals surface area contributed by atoms with Crippen LogP contribution in [0, 0.1) is 29.4 Å². The van der Waals surface area contributed by atoms with Crippen LogP contribution >= 0.6 is 0 Å². The van der Waals surface area contributed by atoms with Crippen molar-refractivity contribution in [2.75, 3.05) is 5.32 Å². The smallest absolute Gasteiger partial charge is 0.333 e. The van der Waals surface area contributed by atoms with Gasteiger partial charge in [0, 0.05) is 18.5 Å². The molecule has 0 saturated heterocycles. The molecular weight excluding hydrogens is 244 g/mol. The number of nitrogens with zero attached hydrogens (tertiary/aromatic N) is 3. The molecule has 6 nitrogen and oxygen atoms in total. The van der Waals surface area contributed by atoms with E-state index < -0.39 is 4.92 Å². The SMILES string of the molecule is C#CCC(CC)Nc1c([N+](=O)[O-])c(C)nn1C(C)C. The first-order chi connectivity index (χ1) is 8.92. The van der Waals surface area contributed by atoms with Gasteiger partial charge in [-0.2, -0.15) is 5.10 Å².